The second-order valence-corrected chi connectivity index (χ2v) is 5.62. The van der Waals surface area contributed by atoms with E-state index in [1.165, 1.54) is 0 Å². The first-order valence-corrected chi connectivity index (χ1v) is 6.66. The van der Waals surface area contributed by atoms with E-state index in [-0.39, 0.29) is 12.3 Å². The highest BCUT2D eigenvalue weighted by Crippen LogP contribution is 2.32. The van der Waals surface area contributed by atoms with Crippen LogP contribution >= 0.6 is 23.2 Å². The van der Waals surface area contributed by atoms with Crippen LogP contribution in [0.4, 0.5) is 0 Å². The standard InChI is InChI=1S/C13H13Cl2NO3/c14-9-4-8(5-10(15)7-9)6-11(17)16-13(12(18)19)2-1-3-13/h4-5,7H,1-3,6H2,(H,16,17)(H,18,19). The lowest BCUT2D eigenvalue weighted by molar-refractivity contribution is -0.151. The number of amides is 1. The zero-order valence-corrected chi connectivity index (χ0v) is 11.6. The number of hydrogen-bond acceptors (Lipinski definition) is 2. The summed E-state index contributed by atoms with van der Waals surface area (Å²) in [7, 11) is 0. The number of nitrogens with one attached hydrogen (secondary N) is 1. The Balaban J connectivity index is 2.03. The zero-order chi connectivity index (χ0) is 14.0. The Morgan fingerprint density at radius 1 is 1.21 bits per heavy atom. The van der Waals surface area contributed by atoms with Gasteiger partial charge in [-0.05, 0) is 43.0 Å². The molecular formula is C13H13Cl2NO3. The Hall–Kier alpha value is -1.26. The van der Waals surface area contributed by atoms with E-state index in [1.807, 2.05) is 0 Å². The van der Waals surface area contributed by atoms with Gasteiger partial charge in [-0.2, -0.15) is 0 Å². The minimum absolute atomic E-state index is 0.0648. The van der Waals surface area contributed by atoms with Crippen LogP contribution in [0.5, 0.6) is 0 Å². The van der Waals surface area contributed by atoms with Crippen LogP contribution in [0.15, 0.2) is 18.2 Å². The fourth-order valence-corrected chi connectivity index (χ4v) is 2.70. The van der Waals surface area contributed by atoms with Crippen LogP contribution in [-0.4, -0.2) is 22.5 Å². The van der Waals surface area contributed by atoms with Gasteiger partial charge in [0.25, 0.3) is 0 Å². The number of carboxylic acid groups (broad SMARTS) is 1. The maximum absolute atomic E-state index is 11.9. The number of carbonyl (C=O) groups excluding carboxylic acids is 1. The fourth-order valence-electron chi connectivity index (χ4n) is 2.13. The van der Waals surface area contributed by atoms with Gasteiger partial charge in [-0.25, -0.2) is 4.79 Å². The molecule has 6 heteroatoms. The van der Waals surface area contributed by atoms with Crippen molar-refractivity contribution in [3.8, 4) is 0 Å². The predicted octanol–water partition coefficient (Wildman–Crippen LogP) is 2.66. The molecule has 1 saturated carbocycles. The summed E-state index contributed by atoms with van der Waals surface area (Å²) in [6.45, 7) is 0. The van der Waals surface area contributed by atoms with Crippen LogP contribution in [0.25, 0.3) is 0 Å². The lowest BCUT2D eigenvalue weighted by Gasteiger charge is -2.38. The minimum Gasteiger partial charge on any atom is -0.480 e. The van der Waals surface area contributed by atoms with Crippen molar-refractivity contribution in [3.05, 3.63) is 33.8 Å². The average molecular weight is 302 g/mol. The van der Waals surface area contributed by atoms with E-state index in [4.69, 9.17) is 28.3 Å². The number of halogens is 2. The van der Waals surface area contributed by atoms with E-state index in [0.717, 1.165) is 6.42 Å². The predicted molar refractivity (Wildman–Crippen MR) is 72.5 cm³/mol. The van der Waals surface area contributed by atoms with Crippen molar-refractivity contribution in [2.45, 2.75) is 31.2 Å². The summed E-state index contributed by atoms with van der Waals surface area (Å²) >= 11 is 11.7. The van der Waals surface area contributed by atoms with Crippen LogP contribution in [0.1, 0.15) is 24.8 Å². The fraction of sp³-hybridized carbons (Fsp3) is 0.385. The van der Waals surface area contributed by atoms with Crippen LogP contribution in [0.3, 0.4) is 0 Å². The van der Waals surface area contributed by atoms with Gasteiger partial charge >= 0.3 is 5.97 Å². The smallest absolute Gasteiger partial charge is 0.329 e. The number of carboxylic acids is 1. The molecule has 1 amide bonds. The lowest BCUT2D eigenvalue weighted by Crippen LogP contribution is -2.59. The van der Waals surface area contributed by atoms with E-state index in [2.05, 4.69) is 5.32 Å². The van der Waals surface area contributed by atoms with E-state index in [9.17, 15) is 9.59 Å². The second-order valence-electron chi connectivity index (χ2n) is 4.74. The molecule has 0 saturated heterocycles. The van der Waals surface area contributed by atoms with Crippen LogP contribution in [0.2, 0.25) is 10.0 Å². The van der Waals surface area contributed by atoms with Gasteiger partial charge in [0, 0.05) is 10.0 Å². The number of rotatable bonds is 4. The normalized spacial score (nSPS) is 16.5. The molecule has 1 aliphatic carbocycles. The molecule has 2 rings (SSSR count). The molecule has 1 aromatic rings. The van der Waals surface area contributed by atoms with E-state index < -0.39 is 11.5 Å². The molecule has 0 heterocycles. The first kappa shape index (κ1) is 14.2. The summed E-state index contributed by atoms with van der Waals surface area (Å²) in [5.41, 5.74) is -0.422. The highest BCUT2D eigenvalue weighted by molar-refractivity contribution is 6.34. The Bertz CT molecular complexity index is 506. The quantitative estimate of drug-likeness (QED) is 0.898. The Labute approximate surface area is 120 Å². The third-order valence-electron chi connectivity index (χ3n) is 3.28. The number of benzene rings is 1. The molecule has 0 spiro atoms. The maximum Gasteiger partial charge on any atom is 0.329 e. The molecule has 0 bridgehead atoms. The summed E-state index contributed by atoms with van der Waals surface area (Å²) in [4.78, 5) is 23.0. The molecule has 4 nitrogen and oxygen atoms in total. The van der Waals surface area contributed by atoms with Crippen molar-refractivity contribution in [1.82, 2.24) is 5.32 Å². The second kappa shape index (κ2) is 5.39. The summed E-state index contributed by atoms with van der Waals surface area (Å²) in [5.74, 6) is -1.31. The zero-order valence-electron chi connectivity index (χ0n) is 10.1. The SMILES string of the molecule is O=C(Cc1cc(Cl)cc(Cl)c1)NC1(C(=O)O)CCC1. The van der Waals surface area contributed by atoms with Crippen LogP contribution < -0.4 is 5.32 Å². The van der Waals surface area contributed by atoms with Crippen molar-refractivity contribution in [2.24, 2.45) is 0 Å². The van der Waals surface area contributed by atoms with E-state index >= 15 is 0 Å². The third-order valence-corrected chi connectivity index (χ3v) is 3.72. The molecular weight excluding hydrogens is 289 g/mol. The summed E-state index contributed by atoms with van der Waals surface area (Å²) in [6.07, 6.45) is 1.83. The molecule has 0 aromatic heterocycles. The number of aliphatic carboxylic acids is 1. The highest BCUT2D eigenvalue weighted by Gasteiger charge is 2.45. The Morgan fingerprint density at radius 2 is 1.79 bits per heavy atom. The highest BCUT2D eigenvalue weighted by atomic mass is 35.5. The maximum atomic E-state index is 11.9. The molecule has 0 unspecified atom stereocenters. The van der Waals surface area contributed by atoms with Crippen LogP contribution in [-0.2, 0) is 16.0 Å². The molecule has 1 aromatic carbocycles. The first-order chi connectivity index (χ1) is 8.91. The van der Waals surface area contributed by atoms with Gasteiger partial charge in [-0.1, -0.05) is 23.2 Å². The summed E-state index contributed by atoms with van der Waals surface area (Å²) < 4.78 is 0. The Morgan fingerprint density at radius 3 is 2.21 bits per heavy atom. The molecule has 0 atom stereocenters. The van der Waals surface area contributed by atoms with Crippen molar-refractivity contribution < 1.29 is 14.7 Å². The van der Waals surface area contributed by atoms with E-state index in [0.29, 0.717) is 28.5 Å². The molecule has 19 heavy (non-hydrogen) atoms. The van der Waals surface area contributed by atoms with Gasteiger partial charge in [-0.15, -0.1) is 0 Å². The lowest BCUT2D eigenvalue weighted by atomic mass is 9.76. The van der Waals surface area contributed by atoms with Gasteiger partial charge in [0.15, 0.2) is 0 Å². The third kappa shape index (κ3) is 3.19. The number of carbonyl (C=O) groups is 2. The Kier molecular flexibility index (Phi) is 4.02. The molecule has 1 fully saturated rings. The van der Waals surface area contributed by atoms with Gasteiger partial charge in [0.05, 0.1) is 6.42 Å². The topological polar surface area (TPSA) is 66.4 Å². The van der Waals surface area contributed by atoms with Crippen molar-refractivity contribution in [1.29, 1.82) is 0 Å². The molecule has 102 valence electrons. The largest absolute Gasteiger partial charge is 0.480 e. The van der Waals surface area contributed by atoms with Crippen molar-refractivity contribution in [3.63, 3.8) is 0 Å². The van der Waals surface area contributed by atoms with Crippen LogP contribution in [0, 0.1) is 0 Å². The average Bonchev–Trinajstić information content (AvgIpc) is 2.21. The first-order valence-electron chi connectivity index (χ1n) is 5.91. The van der Waals surface area contributed by atoms with Gasteiger partial charge in [0.2, 0.25) is 5.91 Å². The van der Waals surface area contributed by atoms with Gasteiger partial charge in [0.1, 0.15) is 5.54 Å². The van der Waals surface area contributed by atoms with E-state index in [1.54, 1.807) is 18.2 Å². The molecule has 0 aliphatic heterocycles. The number of hydrogen-bond donors (Lipinski definition) is 2. The van der Waals surface area contributed by atoms with Crippen molar-refractivity contribution >= 4 is 35.1 Å². The van der Waals surface area contributed by atoms with Crippen molar-refractivity contribution in [2.75, 3.05) is 0 Å². The van der Waals surface area contributed by atoms with Gasteiger partial charge < -0.3 is 10.4 Å². The molecule has 0 radical (unpaired) electrons. The molecule has 1 aliphatic rings. The monoisotopic (exact) mass is 301 g/mol. The summed E-state index contributed by atoms with van der Waals surface area (Å²) in [6, 6.07) is 4.86. The minimum atomic E-state index is -1.08. The molecule has 2 N–H and O–H groups in total. The van der Waals surface area contributed by atoms with Gasteiger partial charge in [-0.3, -0.25) is 4.79 Å². The summed E-state index contributed by atoms with van der Waals surface area (Å²) in [5, 5.41) is 12.6.